The van der Waals surface area contributed by atoms with E-state index in [1.165, 1.54) is 5.56 Å². The van der Waals surface area contributed by atoms with Gasteiger partial charge in [-0.15, -0.1) is 0 Å². The van der Waals surface area contributed by atoms with Gasteiger partial charge in [-0.05, 0) is 24.6 Å². The van der Waals surface area contributed by atoms with E-state index in [0.29, 0.717) is 13.1 Å². The molecule has 0 aromatic heterocycles. The molecule has 6 heteroatoms. The van der Waals surface area contributed by atoms with Crippen LogP contribution in [-0.4, -0.2) is 45.5 Å². The van der Waals surface area contributed by atoms with Gasteiger partial charge in [-0.2, -0.15) is 4.58 Å². The number of fused-ring (bicyclic) bond motifs is 1. The van der Waals surface area contributed by atoms with Crippen LogP contribution in [0.2, 0.25) is 0 Å². The first-order chi connectivity index (χ1) is 16.1. The first kappa shape index (κ1) is 25.0. The van der Waals surface area contributed by atoms with E-state index in [1.54, 1.807) is 0 Å². The SMILES string of the molecule is CC(/C=C/C=C1/N(CCC(=O)O)c2ccccc2C1(C)C)=[N+](/CCC(=O)O)c1ccccc1C. The molecule has 0 radical (unpaired) electrons. The average molecular weight is 462 g/mol. The fraction of sp³-hybridized carbons (Fsp3) is 0.321. The van der Waals surface area contributed by atoms with Gasteiger partial charge >= 0.3 is 11.9 Å². The van der Waals surface area contributed by atoms with Crippen molar-refractivity contribution in [2.45, 2.75) is 46.0 Å². The van der Waals surface area contributed by atoms with Crippen LogP contribution in [0.4, 0.5) is 11.4 Å². The molecule has 178 valence electrons. The standard InChI is InChI=1S/C28H32N2O4/c1-20-10-5-7-13-23(20)29(18-16-26(31)32)21(2)11-9-15-25-28(3,4)22-12-6-8-14-24(22)30(25)19-17-27(33)34/h5-15H,16-19H2,1-4H3,(H-,31,32,33,34)/p+1. The molecule has 1 aliphatic heterocycles. The van der Waals surface area contributed by atoms with Crippen LogP contribution in [0.15, 0.2) is 72.5 Å². The molecule has 3 rings (SSSR count). The summed E-state index contributed by atoms with van der Waals surface area (Å²) in [6.45, 7) is 9.05. The summed E-state index contributed by atoms with van der Waals surface area (Å²) in [5, 5.41) is 18.5. The van der Waals surface area contributed by atoms with Gasteiger partial charge in [-0.1, -0.05) is 56.3 Å². The molecule has 1 aliphatic rings. The van der Waals surface area contributed by atoms with Gasteiger partial charge in [0.1, 0.15) is 6.42 Å². The van der Waals surface area contributed by atoms with E-state index in [-0.39, 0.29) is 18.3 Å². The third-order valence-electron chi connectivity index (χ3n) is 6.32. The highest BCUT2D eigenvalue weighted by molar-refractivity contribution is 5.90. The number of carboxylic acids is 2. The van der Waals surface area contributed by atoms with Crippen molar-refractivity contribution in [1.29, 1.82) is 0 Å². The molecule has 34 heavy (non-hydrogen) atoms. The first-order valence-electron chi connectivity index (χ1n) is 11.5. The highest BCUT2D eigenvalue weighted by atomic mass is 16.4. The molecule has 2 aromatic carbocycles. The fourth-order valence-corrected chi connectivity index (χ4v) is 4.52. The lowest BCUT2D eigenvalue weighted by Crippen LogP contribution is -2.28. The predicted octanol–water partition coefficient (Wildman–Crippen LogP) is 5.29. The van der Waals surface area contributed by atoms with Crippen LogP contribution in [0, 0.1) is 6.92 Å². The summed E-state index contributed by atoms with van der Waals surface area (Å²) in [5.74, 6) is -1.66. The van der Waals surface area contributed by atoms with E-state index in [1.807, 2.05) is 79.1 Å². The van der Waals surface area contributed by atoms with Gasteiger partial charge in [0.25, 0.3) is 0 Å². The van der Waals surface area contributed by atoms with E-state index in [4.69, 9.17) is 0 Å². The fourth-order valence-electron chi connectivity index (χ4n) is 4.52. The first-order valence-corrected chi connectivity index (χ1v) is 11.5. The smallest absolute Gasteiger partial charge is 0.309 e. The number of rotatable bonds is 9. The minimum absolute atomic E-state index is 0.0336. The van der Waals surface area contributed by atoms with Crippen molar-refractivity contribution < 1.29 is 24.4 Å². The number of aliphatic carboxylic acids is 2. The van der Waals surface area contributed by atoms with Crippen molar-refractivity contribution >= 4 is 29.0 Å². The Morgan fingerprint density at radius 1 is 1.00 bits per heavy atom. The monoisotopic (exact) mass is 461 g/mol. The zero-order valence-corrected chi connectivity index (χ0v) is 20.3. The van der Waals surface area contributed by atoms with Gasteiger partial charge in [-0.25, -0.2) is 0 Å². The zero-order chi connectivity index (χ0) is 24.9. The number of hydrogen-bond donors (Lipinski definition) is 2. The van der Waals surface area contributed by atoms with Crippen LogP contribution in [0.3, 0.4) is 0 Å². The number of allylic oxidation sites excluding steroid dienone is 4. The van der Waals surface area contributed by atoms with Crippen molar-refractivity contribution in [1.82, 2.24) is 0 Å². The van der Waals surface area contributed by atoms with Crippen molar-refractivity contribution in [3.8, 4) is 0 Å². The molecule has 0 atom stereocenters. The second-order valence-corrected chi connectivity index (χ2v) is 9.07. The lowest BCUT2D eigenvalue weighted by Gasteiger charge is -2.26. The Hall–Kier alpha value is -3.67. The molecule has 2 aromatic rings. The molecule has 0 amide bonds. The molecular formula is C28H33N2O4+. The van der Waals surface area contributed by atoms with Gasteiger partial charge in [0.15, 0.2) is 12.3 Å². The number of benzene rings is 2. The maximum atomic E-state index is 11.3. The molecule has 1 heterocycles. The molecule has 2 N–H and O–H groups in total. The third-order valence-corrected chi connectivity index (χ3v) is 6.32. The number of carboxylic acid groups (broad SMARTS) is 2. The van der Waals surface area contributed by atoms with Gasteiger partial charge in [-0.3, -0.25) is 9.59 Å². The molecule has 0 fully saturated rings. The van der Waals surface area contributed by atoms with E-state index >= 15 is 0 Å². The Kier molecular flexibility index (Phi) is 7.72. The number of carbonyl (C=O) groups is 2. The minimum Gasteiger partial charge on any atom is -0.481 e. The van der Waals surface area contributed by atoms with Gasteiger partial charge in [0.05, 0.1) is 6.42 Å². The number of aryl methyl sites for hydroxylation is 1. The second kappa shape index (κ2) is 10.5. The molecular weight excluding hydrogens is 428 g/mol. The van der Waals surface area contributed by atoms with E-state index in [2.05, 4.69) is 24.8 Å². The summed E-state index contributed by atoms with van der Waals surface area (Å²) in [7, 11) is 0. The van der Waals surface area contributed by atoms with Crippen molar-refractivity contribution in [3.63, 3.8) is 0 Å². The zero-order valence-electron chi connectivity index (χ0n) is 20.3. The summed E-state index contributed by atoms with van der Waals surface area (Å²) >= 11 is 0. The normalized spacial score (nSPS) is 16.6. The van der Waals surface area contributed by atoms with Crippen LogP contribution in [0.5, 0.6) is 0 Å². The number of anilines is 1. The average Bonchev–Trinajstić information content (AvgIpc) is 3.00. The summed E-state index contributed by atoms with van der Waals surface area (Å²) in [6.07, 6.45) is 6.07. The highest BCUT2D eigenvalue weighted by Crippen LogP contribution is 2.47. The summed E-state index contributed by atoms with van der Waals surface area (Å²) in [4.78, 5) is 24.6. The maximum Gasteiger partial charge on any atom is 0.309 e. The number of hydrogen-bond acceptors (Lipinski definition) is 3. The maximum absolute atomic E-state index is 11.3. The van der Waals surface area contributed by atoms with Crippen LogP contribution in [-0.2, 0) is 15.0 Å². The number of nitrogens with zero attached hydrogens (tertiary/aromatic N) is 2. The highest BCUT2D eigenvalue weighted by Gasteiger charge is 2.39. The van der Waals surface area contributed by atoms with E-state index in [9.17, 15) is 19.8 Å². The van der Waals surface area contributed by atoms with E-state index < -0.39 is 11.9 Å². The van der Waals surface area contributed by atoms with Crippen LogP contribution >= 0.6 is 0 Å². The van der Waals surface area contributed by atoms with Crippen LogP contribution < -0.4 is 4.90 Å². The largest absolute Gasteiger partial charge is 0.481 e. The number of para-hydroxylation sites is 2. The molecule has 0 unspecified atom stereocenters. The summed E-state index contributed by atoms with van der Waals surface area (Å²) in [5.41, 5.74) is 5.96. The Morgan fingerprint density at radius 3 is 2.32 bits per heavy atom. The predicted molar refractivity (Wildman–Crippen MR) is 135 cm³/mol. The van der Waals surface area contributed by atoms with Crippen molar-refractivity contribution in [2.75, 3.05) is 18.0 Å². The molecule has 6 nitrogen and oxygen atoms in total. The van der Waals surface area contributed by atoms with Crippen molar-refractivity contribution in [3.05, 3.63) is 83.6 Å². The Balaban J connectivity index is 1.99. The second-order valence-electron chi connectivity index (χ2n) is 9.07. The Bertz CT molecular complexity index is 1170. The van der Waals surface area contributed by atoms with Crippen molar-refractivity contribution in [2.24, 2.45) is 0 Å². The summed E-state index contributed by atoms with van der Waals surface area (Å²) in [6, 6.07) is 16.0. The summed E-state index contributed by atoms with van der Waals surface area (Å²) < 4.78 is 2.02. The van der Waals surface area contributed by atoms with Crippen LogP contribution in [0.1, 0.15) is 44.7 Å². The molecule has 0 saturated carbocycles. The lowest BCUT2D eigenvalue weighted by atomic mass is 9.84. The Labute approximate surface area is 201 Å². The third kappa shape index (κ3) is 5.45. The Morgan fingerprint density at radius 2 is 1.65 bits per heavy atom. The quantitative estimate of drug-likeness (QED) is 0.392. The van der Waals surface area contributed by atoms with Gasteiger partial charge in [0.2, 0.25) is 5.69 Å². The molecule has 0 bridgehead atoms. The molecule has 0 saturated heterocycles. The van der Waals surface area contributed by atoms with E-state index in [0.717, 1.165) is 28.3 Å². The topological polar surface area (TPSA) is 80.9 Å². The lowest BCUT2D eigenvalue weighted by molar-refractivity contribution is -0.439. The molecule has 0 aliphatic carbocycles. The van der Waals surface area contributed by atoms with Crippen LogP contribution in [0.25, 0.3) is 0 Å². The minimum atomic E-state index is -0.836. The van der Waals surface area contributed by atoms with Gasteiger partial charge in [0, 0.05) is 48.0 Å². The molecule has 0 spiro atoms. The van der Waals surface area contributed by atoms with Gasteiger partial charge < -0.3 is 15.1 Å².